The summed E-state index contributed by atoms with van der Waals surface area (Å²) in [5, 5.41) is 0.0178. The summed E-state index contributed by atoms with van der Waals surface area (Å²) < 4.78 is 22.2. The number of hydrogen-bond acceptors (Lipinski definition) is 7. The Bertz CT molecular complexity index is 669. The normalized spacial score (nSPS) is 14.4. The second kappa shape index (κ2) is 10.8. The second-order valence-electron chi connectivity index (χ2n) is 12.8. The highest BCUT2D eigenvalue weighted by Crippen LogP contribution is 2.38. The molecule has 194 valence electrons. The Labute approximate surface area is 201 Å². The second-order valence-corrected chi connectivity index (χ2v) is 17.6. The van der Waals surface area contributed by atoms with Crippen molar-refractivity contribution in [2.24, 2.45) is 5.41 Å². The monoisotopic (exact) mass is 489 g/mol. The van der Waals surface area contributed by atoms with Crippen molar-refractivity contribution in [2.45, 2.75) is 118 Å². The number of nitrogens with zero attached hydrogens (tertiary/aromatic N) is 1. The fourth-order valence-electron chi connectivity index (χ4n) is 2.54. The highest BCUT2D eigenvalue weighted by Gasteiger charge is 2.45. The van der Waals surface area contributed by atoms with E-state index in [4.69, 9.17) is 18.6 Å². The molecule has 0 aliphatic rings. The number of methoxy groups -OCH3 is 1. The van der Waals surface area contributed by atoms with E-state index in [1.165, 1.54) is 7.11 Å². The fourth-order valence-corrected chi connectivity index (χ4v) is 3.73. The quantitative estimate of drug-likeness (QED) is 0.241. The van der Waals surface area contributed by atoms with E-state index in [0.717, 1.165) is 4.90 Å². The van der Waals surface area contributed by atoms with Gasteiger partial charge in [0, 0.05) is 6.61 Å². The summed E-state index contributed by atoms with van der Waals surface area (Å²) in [6, 6.07) is -1.24. The summed E-state index contributed by atoms with van der Waals surface area (Å²) in [4.78, 5) is 39.7. The van der Waals surface area contributed by atoms with Crippen molar-refractivity contribution in [1.29, 1.82) is 0 Å². The van der Waals surface area contributed by atoms with Gasteiger partial charge in [-0.3, -0.25) is 0 Å². The highest BCUT2D eigenvalue weighted by atomic mass is 28.4. The van der Waals surface area contributed by atoms with Crippen molar-refractivity contribution in [2.75, 3.05) is 13.7 Å². The smallest absolute Gasteiger partial charge is 0.420 e. The molecule has 0 fully saturated rings. The van der Waals surface area contributed by atoms with Crippen molar-refractivity contribution >= 4 is 26.5 Å². The Hall–Kier alpha value is -1.61. The number of ether oxygens (including phenoxy) is 3. The predicted molar refractivity (Wildman–Crippen MR) is 132 cm³/mol. The lowest BCUT2D eigenvalue weighted by atomic mass is 9.86. The number of imide groups is 1. The molecule has 0 aliphatic heterocycles. The molecular formula is C24H47NO7Si. The minimum atomic E-state index is -2.05. The maximum atomic E-state index is 13.1. The van der Waals surface area contributed by atoms with E-state index in [2.05, 4.69) is 33.9 Å². The Morgan fingerprint density at radius 3 is 1.48 bits per heavy atom. The molecule has 1 atom stereocenters. The zero-order valence-corrected chi connectivity index (χ0v) is 24.3. The topological polar surface area (TPSA) is 91.4 Å². The van der Waals surface area contributed by atoms with Gasteiger partial charge in [0.2, 0.25) is 0 Å². The maximum Gasteiger partial charge on any atom is 0.420 e. The van der Waals surface area contributed by atoms with E-state index in [1.54, 1.807) is 41.5 Å². The summed E-state index contributed by atoms with van der Waals surface area (Å²) in [6.45, 7) is 25.1. The molecule has 0 aliphatic carbocycles. The van der Waals surface area contributed by atoms with Crippen LogP contribution in [0.3, 0.4) is 0 Å². The molecule has 0 spiro atoms. The summed E-state index contributed by atoms with van der Waals surface area (Å²) in [7, 11) is -0.830. The molecule has 0 bridgehead atoms. The first-order valence-corrected chi connectivity index (χ1v) is 14.3. The van der Waals surface area contributed by atoms with Crippen molar-refractivity contribution in [3.63, 3.8) is 0 Å². The third kappa shape index (κ3) is 10.9. The van der Waals surface area contributed by atoms with Crippen molar-refractivity contribution < 1.29 is 33.0 Å². The highest BCUT2D eigenvalue weighted by molar-refractivity contribution is 6.74. The zero-order chi connectivity index (χ0) is 26.6. The molecule has 0 aromatic rings. The summed E-state index contributed by atoms with van der Waals surface area (Å²) in [6.07, 6.45) is -1.81. The molecule has 0 rings (SSSR count). The van der Waals surface area contributed by atoms with Crippen LogP contribution in [0.1, 0.15) is 82.6 Å². The number of hydrogen-bond donors (Lipinski definition) is 0. The predicted octanol–water partition coefficient (Wildman–Crippen LogP) is 6.14. The first-order chi connectivity index (χ1) is 14.4. The standard InChI is InChI=1S/C24H47NO7Si/c1-21(2,3)31-19(27)25(20(28)32-22(4,5)6)17(18(26)29-12)15-24(10,11)16-30-33(13,14)23(7,8)9/h17H,15-16H2,1-14H3. The number of amides is 2. The Balaban J connectivity index is 6.09. The first-order valence-electron chi connectivity index (χ1n) is 11.4. The van der Waals surface area contributed by atoms with E-state index in [1.807, 2.05) is 13.8 Å². The van der Waals surface area contributed by atoms with Crippen LogP contribution in [0.4, 0.5) is 9.59 Å². The average molecular weight is 490 g/mol. The van der Waals surface area contributed by atoms with Gasteiger partial charge in [0.05, 0.1) is 7.11 Å². The largest absolute Gasteiger partial charge is 0.467 e. The van der Waals surface area contributed by atoms with Gasteiger partial charge in [-0.2, -0.15) is 4.90 Å². The van der Waals surface area contributed by atoms with Gasteiger partial charge < -0.3 is 18.6 Å². The van der Waals surface area contributed by atoms with Crippen LogP contribution < -0.4 is 0 Å². The van der Waals surface area contributed by atoms with Crippen molar-refractivity contribution in [3.8, 4) is 0 Å². The molecule has 2 amide bonds. The molecule has 0 saturated heterocycles. The Morgan fingerprint density at radius 2 is 1.18 bits per heavy atom. The number of carbonyl (C=O) groups excluding carboxylic acids is 3. The first kappa shape index (κ1) is 31.4. The molecular weight excluding hydrogens is 442 g/mol. The molecule has 0 N–H and O–H groups in total. The molecule has 0 saturated carbocycles. The Morgan fingerprint density at radius 1 is 0.788 bits per heavy atom. The third-order valence-corrected chi connectivity index (χ3v) is 9.82. The van der Waals surface area contributed by atoms with Gasteiger partial charge in [-0.05, 0) is 71.5 Å². The van der Waals surface area contributed by atoms with Crippen LogP contribution in [0.5, 0.6) is 0 Å². The lowest BCUT2D eigenvalue weighted by molar-refractivity contribution is -0.148. The van der Waals surface area contributed by atoms with Crippen LogP contribution in [0.25, 0.3) is 0 Å². The SMILES string of the molecule is COC(=O)C(CC(C)(C)CO[Si](C)(C)C(C)(C)C)N(C(=O)OC(C)(C)C)C(=O)OC(C)(C)C. The summed E-state index contributed by atoms with van der Waals surface area (Å²) in [5.41, 5.74) is -2.31. The summed E-state index contributed by atoms with van der Waals surface area (Å²) >= 11 is 0. The van der Waals surface area contributed by atoms with Gasteiger partial charge in [-0.15, -0.1) is 0 Å². The van der Waals surface area contributed by atoms with E-state index < -0.39 is 49.1 Å². The van der Waals surface area contributed by atoms with Gasteiger partial charge in [0.1, 0.15) is 17.2 Å². The molecule has 8 nitrogen and oxygen atoms in total. The van der Waals surface area contributed by atoms with Gasteiger partial charge >= 0.3 is 18.2 Å². The lowest BCUT2D eigenvalue weighted by Crippen LogP contribution is -2.54. The van der Waals surface area contributed by atoms with Crippen molar-refractivity contribution in [1.82, 2.24) is 4.90 Å². The van der Waals surface area contributed by atoms with E-state index in [0.29, 0.717) is 6.61 Å². The number of rotatable bonds is 7. The van der Waals surface area contributed by atoms with Gasteiger partial charge in [0.25, 0.3) is 0 Å². The lowest BCUT2D eigenvalue weighted by Gasteiger charge is -2.40. The van der Waals surface area contributed by atoms with Crippen LogP contribution >= 0.6 is 0 Å². The fraction of sp³-hybridized carbons (Fsp3) is 0.875. The van der Waals surface area contributed by atoms with Gasteiger partial charge in [-0.25, -0.2) is 14.4 Å². The molecule has 0 heterocycles. The zero-order valence-electron chi connectivity index (χ0n) is 23.3. The molecule has 0 aromatic carbocycles. The molecule has 9 heteroatoms. The minimum Gasteiger partial charge on any atom is -0.467 e. The van der Waals surface area contributed by atoms with E-state index in [-0.39, 0.29) is 11.5 Å². The van der Waals surface area contributed by atoms with Crippen LogP contribution in [0.2, 0.25) is 18.1 Å². The molecule has 0 aromatic heterocycles. The van der Waals surface area contributed by atoms with Crippen molar-refractivity contribution in [3.05, 3.63) is 0 Å². The van der Waals surface area contributed by atoms with Gasteiger partial charge in [0.15, 0.2) is 8.32 Å². The maximum absolute atomic E-state index is 13.1. The number of esters is 1. The Kier molecular flexibility index (Phi) is 10.2. The van der Waals surface area contributed by atoms with Crippen LogP contribution in [-0.2, 0) is 23.4 Å². The molecule has 33 heavy (non-hydrogen) atoms. The number of carbonyl (C=O) groups is 3. The van der Waals surface area contributed by atoms with Crippen LogP contribution in [-0.4, -0.2) is 62.3 Å². The average Bonchev–Trinajstić information content (AvgIpc) is 2.54. The third-order valence-electron chi connectivity index (χ3n) is 5.34. The van der Waals surface area contributed by atoms with E-state index in [9.17, 15) is 14.4 Å². The molecule has 0 radical (unpaired) electrons. The minimum absolute atomic E-state index is 0.0178. The van der Waals surface area contributed by atoms with Gasteiger partial charge in [-0.1, -0.05) is 34.6 Å². The van der Waals surface area contributed by atoms with E-state index >= 15 is 0 Å². The summed E-state index contributed by atoms with van der Waals surface area (Å²) in [5.74, 6) is -0.730. The molecule has 1 unspecified atom stereocenters. The van der Waals surface area contributed by atoms with Crippen LogP contribution in [0.15, 0.2) is 0 Å². The van der Waals surface area contributed by atoms with Crippen LogP contribution in [0, 0.1) is 5.41 Å².